The minimum Gasteiger partial charge on any atom is -0.481 e. The van der Waals surface area contributed by atoms with Gasteiger partial charge < -0.3 is 9.52 Å². The van der Waals surface area contributed by atoms with Gasteiger partial charge in [-0.15, -0.1) is 0 Å². The summed E-state index contributed by atoms with van der Waals surface area (Å²) in [7, 11) is 0. The van der Waals surface area contributed by atoms with Gasteiger partial charge >= 0.3 is 5.97 Å². The zero-order valence-corrected chi connectivity index (χ0v) is 10.6. The molecule has 19 heavy (non-hydrogen) atoms. The summed E-state index contributed by atoms with van der Waals surface area (Å²) in [5, 5.41) is 8.69. The number of rotatable bonds is 5. The Hall–Kier alpha value is -2.36. The monoisotopic (exact) mass is 258 g/mol. The van der Waals surface area contributed by atoms with Crippen LogP contribution in [0, 0.1) is 6.92 Å². The van der Waals surface area contributed by atoms with E-state index in [1.807, 2.05) is 25.1 Å². The quantitative estimate of drug-likeness (QED) is 0.837. The molecule has 4 nitrogen and oxygen atoms in total. The van der Waals surface area contributed by atoms with Crippen molar-refractivity contribution in [3.8, 4) is 11.3 Å². The summed E-state index contributed by atoms with van der Waals surface area (Å²) >= 11 is 0. The van der Waals surface area contributed by atoms with E-state index in [1.54, 1.807) is 12.1 Å². The van der Waals surface area contributed by atoms with Crippen molar-refractivity contribution in [1.82, 2.24) is 0 Å². The van der Waals surface area contributed by atoms with Gasteiger partial charge in [0, 0.05) is 12.0 Å². The highest BCUT2D eigenvalue weighted by Crippen LogP contribution is 2.26. The number of aldehydes is 1. The largest absolute Gasteiger partial charge is 0.481 e. The molecule has 0 atom stereocenters. The van der Waals surface area contributed by atoms with Crippen LogP contribution in [0.1, 0.15) is 28.1 Å². The average Bonchev–Trinajstić information content (AvgIpc) is 2.86. The van der Waals surface area contributed by atoms with Crippen molar-refractivity contribution in [3.05, 3.63) is 47.2 Å². The fourth-order valence-electron chi connectivity index (χ4n) is 1.90. The second-order valence-electron chi connectivity index (χ2n) is 4.36. The van der Waals surface area contributed by atoms with Crippen LogP contribution >= 0.6 is 0 Å². The number of aliphatic carboxylic acids is 1. The number of carboxylic acid groups (broad SMARTS) is 1. The van der Waals surface area contributed by atoms with E-state index in [4.69, 9.17) is 9.52 Å². The summed E-state index contributed by atoms with van der Waals surface area (Å²) in [6, 6.07) is 9.10. The number of benzene rings is 1. The van der Waals surface area contributed by atoms with Crippen LogP contribution in [0.15, 0.2) is 34.7 Å². The van der Waals surface area contributed by atoms with Gasteiger partial charge in [0.15, 0.2) is 12.0 Å². The number of aryl methyl sites for hydroxylation is 2. The normalized spacial score (nSPS) is 10.4. The highest BCUT2D eigenvalue weighted by molar-refractivity contribution is 5.73. The molecule has 1 heterocycles. The van der Waals surface area contributed by atoms with Gasteiger partial charge in [-0.3, -0.25) is 9.59 Å². The van der Waals surface area contributed by atoms with E-state index in [0.717, 1.165) is 16.7 Å². The fraction of sp³-hybridized carbons (Fsp3) is 0.200. The SMILES string of the molecule is Cc1ccc(CCC(=O)O)cc1-c1ccc(C=O)o1. The van der Waals surface area contributed by atoms with Crippen LogP contribution in [-0.2, 0) is 11.2 Å². The smallest absolute Gasteiger partial charge is 0.303 e. The van der Waals surface area contributed by atoms with Gasteiger partial charge in [0.25, 0.3) is 0 Å². The Morgan fingerprint density at radius 2 is 2.11 bits per heavy atom. The molecule has 2 rings (SSSR count). The Balaban J connectivity index is 2.30. The van der Waals surface area contributed by atoms with E-state index in [0.29, 0.717) is 18.5 Å². The minimum atomic E-state index is -0.816. The number of carboxylic acids is 1. The van der Waals surface area contributed by atoms with Gasteiger partial charge in [0.2, 0.25) is 0 Å². The highest BCUT2D eigenvalue weighted by Gasteiger charge is 2.09. The van der Waals surface area contributed by atoms with Crippen LogP contribution in [0.5, 0.6) is 0 Å². The number of carbonyl (C=O) groups is 2. The molecule has 0 aliphatic rings. The first-order valence-corrected chi connectivity index (χ1v) is 5.97. The van der Waals surface area contributed by atoms with Gasteiger partial charge in [-0.1, -0.05) is 12.1 Å². The molecule has 0 aliphatic heterocycles. The lowest BCUT2D eigenvalue weighted by molar-refractivity contribution is -0.136. The average molecular weight is 258 g/mol. The molecule has 0 aliphatic carbocycles. The van der Waals surface area contributed by atoms with E-state index < -0.39 is 5.97 Å². The van der Waals surface area contributed by atoms with Crippen LogP contribution in [0.3, 0.4) is 0 Å². The number of carbonyl (C=O) groups excluding carboxylic acids is 1. The van der Waals surface area contributed by atoms with Gasteiger partial charge in [0.05, 0.1) is 0 Å². The van der Waals surface area contributed by atoms with Gasteiger partial charge in [0.1, 0.15) is 5.76 Å². The Morgan fingerprint density at radius 3 is 2.74 bits per heavy atom. The molecular weight excluding hydrogens is 244 g/mol. The Kier molecular flexibility index (Phi) is 3.80. The van der Waals surface area contributed by atoms with Crippen LogP contribution in [0.4, 0.5) is 0 Å². The zero-order valence-electron chi connectivity index (χ0n) is 10.6. The molecule has 2 aromatic rings. The van der Waals surface area contributed by atoms with Crippen LogP contribution in [0.25, 0.3) is 11.3 Å². The third-order valence-corrected chi connectivity index (χ3v) is 2.94. The Bertz CT molecular complexity index is 610. The predicted molar refractivity (Wildman–Crippen MR) is 70.2 cm³/mol. The standard InChI is InChI=1S/C15H14O4/c1-10-2-3-11(4-7-15(17)18)8-13(10)14-6-5-12(9-16)19-14/h2-3,5-6,8-9H,4,7H2,1H3,(H,17,18). The first-order valence-electron chi connectivity index (χ1n) is 5.97. The third-order valence-electron chi connectivity index (χ3n) is 2.94. The predicted octanol–water partition coefficient (Wildman–Crippen LogP) is 3.08. The molecule has 0 saturated heterocycles. The van der Waals surface area contributed by atoms with Crippen molar-refractivity contribution in [2.45, 2.75) is 19.8 Å². The summed E-state index contributed by atoms with van der Waals surface area (Å²) in [5.41, 5.74) is 2.84. The van der Waals surface area contributed by atoms with Crippen molar-refractivity contribution in [1.29, 1.82) is 0 Å². The number of hydrogen-bond donors (Lipinski definition) is 1. The van der Waals surface area contributed by atoms with Crippen LogP contribution < -0.4 is 0 Å². The molecule has 1 aromatic carbocycles. The van der Waals surface area contributed by atoms with E-state index in [1.165, 1.54) is 0 Å². The van der Waals surface area contributed by atoms with Gasteiger partial charge in [-0.25, -0.2) is 0 Å². The molecule has 4 heteroatoms. The molecule has 0 saturated carbocycles. The topological polar surface area (TPSA) is 67.5 Å². The lowest BCUT2D eigenvalue weighted by Gasteiger charge is -2.06. The second-order valence-corrected chi connectivity index (χ2v) is 4.36. The van der Waals surface area contributed by atoms with Crippen LogP contribution in [-0.4, -0.2) is 17.4 Å². The number of furan rings is 1. The molecule has 0 spiro atoms. The van der Waals surface area contributed by atoms with E-state index in [-0.39, 0.29) is 12.2 Å². The maximum Gasteiger partial charge on any atom is 0.303 e. The molecular formula is C15H14O4. The zero-order chi connectivity index (χ0) is 13.8. The first kappa shape index (κ1) is 13.1. The minimum absolute atomic E-state index is 0.0975. The van der Waals surface area contributed by atoms with Crippen molar-refractivity contribution in [2.24, 2.45) is 0 Å². The van der Waals surface area contributed by atoms with E-state index >= 15 is 0 Å². The molecule has 1 N–H and O–H groups in total. The summed E-state index contributed by atoms with van der Waals surface area (Å²) in [5.74, 6) is 0.0884. The molecule has 0 radical (unpaired) electrons. The van der Waals surface area contributed by atoms with Crippen molar-refractivity contribution < 1.29 is 19.1 Å². The van der Waals surface area contributed by atoms with Gasteiger partial charge in [-0.05, 0) is 42.7 Å². The Morgan fingerprint density at radius 1 is 1.32 bits per heavy atom. The molecule has 0 fully saturated rings. The fourth-order valence-corrected chi connectivity index (χ4v) is 1.90. The summed E-state index contributed by atoms with van der Waals surface area (Å²) < 4.78 is 5.40. The third kappa shape index (κ3) is 3.10. The lowest BCUT2D eigenvalue weighted by Crippen LogP contribution is -1.97. The second kappa shape index (κ2) is 5.52. The van der Waals surface area contributed by atoms with E-state index in [9.17, 15) is 9.59 Å². The summed E-state index contributed by atoms with van der Waals surface area (Å²) in [6.07, 6.45) is 1.23. The van der Waals surface area contributed by atoms with Crippen LogP contribution in [0.2, 0.25) is 0 Å². The summed E-state index contributed by atoms with van der Waals surface area (Å²) in [4.78, 5) is 21.2. The maximum atomic E-state index is 10.6. The van der Waals surface area contributed by atoms with E-state index in [2.05, 4.69) is 0 Å². The first-order chi connectivity index (χ1) is 9.10. The molecule has 98 valence electrons. The molecule has 1 aromatic heterocycles. The highest BCUT2D eigenvalue weighted by atomic mass is 16.4. The summed E-state index contributed by atoms with van der Waals surface area (Å²) in [6.45, 7) is 1.94. The van der Waals surface area contributed by atoms with Crippen molar-refractivity contribution in [2.75, 3.05) is 0 Å². The number of hydrogen-bond acceptors (Lipinski definition) is 3. The molecule has 0 amide bonds. The molecule has 0 unspecified atom stereocenters. The lowest BCUT2D eigenvalue weighted by atomic mass is 10.0. The van der Waals surface area contributed by atoms with Crippen molar-refractivity contribution in [3.63, 3.8) is 0 Å². The maximum absolute atomic E-state index is 10.6. The van der Waals surface area contributed by atoms with Gasteiger partial charge in [-0.2, -0.15) is 0 Å². The molecule has 0 bridgehead atoms. The Labute approximate surface area is 110 Å². The van der Waals surface area contributed by atoms with Crippen molar-refractivity contribution >= 4 is 12.3 Å².